The summed E-state index contributed by atoms with van der Waals surface area (Å²) in [5, 5.41) is 2.28. The molecule has 0 spiro atoms. The van der Waals surface area contributed by atoms with Gasteiger partial charge in [-0.2, -0.15) is 17.5 Å². The number of benzene rings is 2. The maximum absolute atomic E-state index is 12.8. The molecule has 0 saturated carbocycles. The lowest BCUT2D eigenvalue weighted by Crippen LogP contribution is -2.35. The van der Waals surface area contributed by atoms with Crippen LogP contribution in [0.2, 0.25) is 0 Å². The molecule has 0 unspecified atom stereocenters. The fourth-order valence-electron chi connectivity index (χ4n) is 2.54. The summed E-state index contributed by atoms with van der Waals surface area (Å²) in [6.07, 6.45) is -4.55. The lowest BCUT2D eigenvalue weighted by molar-refractivity contribution is -0.137. The van der Waals surface area contributed by atoms with Gasteiger partial charge in [0.25, 0.3) is 0 Å². The highest BCUT2D eigenvalue weighted by Crippen LogP contribution is 2.30. The molecule has 0 heterocycles. The number of halogens is 3. The summed E-state index contributed by atoms with van der Waals surface area (Å²) in [4.78, 5) is 12.1. The van der Waals surface area contributed by atoms with Gasteiger partial charge in [0.1, 0.15) is 5.75 Å². The van der Waals surface area contributed by atoms with Crippen molar-refractivity contribution in [2.75, 3.05) is 25.5 Å². The van der Waals surface area contributed by atoms with Crippen molar-refractivity contribution in [3.05, 3.63) is 53.6 Å². The second-order valence-corrected chi connectivity index (χ2v) is 8.29. The molecule has 29 heavy (non-hydrogen) atoms. The Morgan fingerprint density at radius 2 is 1.86 bits per heavy atom. The van der Waals surface area contributed by atoms with Gasteiger partial charge in [0.15, 0.2) is 0 Å². The number of ether oxygens (including phenoxy) is 1. The van der Waals surface area contributed by atoms with Gasteiger partial charge in [-0.25, -0.2) is 8.42 Å². The molecule has 0 radical (unpaired) electrons. The molecular weight excluding hydrogens is 409 g/mol. The van der Waals surface area contributed by atoms with Crippen LogP contribution in [-0.2, 0) is 21.0 Å². The van der Waals surface area contributed by atoms with Crippen LogP contribution in [-0.4, -0.2) is 38.8 Å². The smallest absolute Gasteiger partial charge is 0.416 e. The Balaban J connectivity index is 2.11. The number of hydrogen-bond acceptors (Lipinski definition) is 4. The van der Waals surface area contributed by atoms with Crippen molar-refractivity contribution in [2.45, 2.75) is 24.9 Å². The molecule has 0 bridgehead atoms. The monoisotopic (exact) mass is 430 g/mol. The maximum Gasteiger partial charge on any atom is 0.416 e. The molecule has 0 aliphatic heterocycles. The van der Waals surface area contributed by atoms with E-state index >= 15 is 0 Å². The second kappa shape index (κ2) is 8.83. The third-order valence-electron chi connectivity index (χ3n) is 3.99. The molecule has 0 aromatic heterocycles. The first-order chi connectivity index (χ1) is 13.4. The number of carbonyl (C=O) groups is 1. The van der Waals surface area contributed by atoms with Gasteiger partial charge in [-0.15, -0.1) is 0 Å². The first kappa shape index (κ1) is 22.7. The van der Waals surface area contributed by atoms with Gasteiger partial charge in [-0.05, 0) is 55.8 Å². The molecule has 1 N–H and O–H groups in total. The number of aryl methyl sites for hydroxylation is 1. The lowest BCUT2D eigenvalue weighted by atomic mass is 10.2. The second-order valence-electron chi connectivity index (χ2n) is 6.25. The van der Waals surface area contributed by atoms with Crippen LogP contribution in [0.15, 0.2) is 47.4 Å². The van der Waals surface area contributed by atoms with Crippen LogP contribution in [0, 0.1) is 6.92 Å². The minimum Gasteiger partial charge on any atom is -0.494 e. The Morgan fingerprint density at radius 3 is 2.45 bits per heavy atom. The minimum atomic E-state index is -4.55. The number of carbonyl (C=O) groups excluding carboxylic acids is 1. The quantitative estimate of drug-likeness (QED) is 0.727. The maximum atomic E-state index is 12.8. The van der Waals surface area contributed by atoms with E-state index in [9.17, 15) is 26.4 Å². The molecule has 10 heteroatoms. The SMILES string of the molecule is CCOc1ccc(S(=O)(=O)N(C)CC(=O)Nc2cccc(C(F)(F)F)c2)cc1C. The number of nitrogens with one attached hydrogen (secondary N) is 1. The molecule has 0 atom stereocenters. The lowest BCUT2D eigenvalue weighted by Gasteiger charge is -2.18. The minimum absolute atomic E-state index is 0.0205. The van der Waals surface area contributed by atoms with E-state index in [1.807, 2.05) is 0 Å². The highest BCUT2D eigenvalue weighted by molar-refractivity contribution is 7.89. The van der Waals surface area contributed by atoms with Crippen molar-refractivity contribution in [3.8, 4) is 5.75 Å². The summed E-state index contributed by atoms with van der Waals surface area (Å²) in [6, 6.07) is 8.43. The summed E-state index contributed by atoms with van der Waals surface area (Å²) in [5.74, 6) is -0.213. The van der Waals surface area contributed by atoms with Crippen LogP contribution in [0.25, 0.3) is 0 Å². The highest BCUT2D eigenvalue weighted by atomic mass is 32.2. The average Bonchev–Trinajstić information content (AvgIpc) is 2.62. The Labute approximate surface area is 167 Å². The summed E-state index contributed by atoms with van der Waals surface area (Å²) in [5.41, 5.74) is -0.372. The number of rotatable bonds is 7. The van der Waals surface area contributed by atoms with Gasteiger partial charge < -0.3 is 10.1 Å². The van der Waals surface area contributed by atoms with Crippen LogP contribution in [0.5, 0.6) is 5.75 Å². The molecule has 2 aromatic rings. The van der Waals surface area contributed by atoms with Gasteiger partial charge in [-0.3, -0.25) is 4.79 Å². The normalized spacial score (nSPS) is 12.1. The predicted molar refractivity (Wildman–Crippen MR) is 102 cm³/mol. The van der Waals surface area contributed by atoms with Crippen molar-refractivity contribution in [2.24, 2.45) is 0 Å². The average molecular weight is 430 g/mol. The van der Waals surface area contributed by atoms with E-state index in [4.69, 9.17) is 4.74 Å². The molecule has 2 aromatic carbocycles. The van der Waals surface area contributed by atoms with E-state index in [1.54, 1.807) is 13.8 Å². The predicted octanol–water partition coefficient (Wildman–Crippen LogP) is 3.67. The fourth-order valence-corrected chi connectivity index (χ4v) is 3.75. The van der Waals surface area contributed by atoms with E-state index in [2.05, 4.69) is 5.32 Å². The zero-order valence-electron chi connectivity index (χ0n) is 16.1. The molecule has 6 nitrogen and oxygen atoms in total. The van der Waals surface area contributed by atoms with Crippen LogP contribution < -0.4 is 10.1 Å². The van der Waals surface area contributed by atoms with E-state index < -0.39 is 34.2 Å². The van der Waals surface area contributed by atoms with Crippen molar-refractivity contribution >= 4 is 21.6 Å². The third kappa shape index (κ3) is 5.70. The number of amides is 1. The highest BCUT2D eigenvalue weighted by Gasteiger charge is 2.30. The number of alkyl halides is 3. The summed E-state index contributed by atoms with van der Waals surface area (Å²) >= 11 is 0. The Bertz CT molecular complexity index is 991. The van der Waals surface area contributed by atoms with E-state index in [0.717, 1.165) is 22.5 Å². The number of anilines is 1. The van der Waals surface area contributed by atoms with Crippen LogP contribution in [0.3, 0.4) is 0 Å². The molecule has 1 amide bonds. The fraction of sp³-hybridized carbons (Fsp3) is 0.316. The Kier molecular flexibility index (Phi) is 6.91. The first-order valence-electron chi connectivity index (χ1n) is 8.62. The number of nitrogens with zero attached hydrogens (tertiary/aromatic N) is 1. The van der Waals surface area contributed by atoms with Crippen molar-refractivity contribution in [3.63, 3.8) is 0 Å². The number of likely N-dealkylation sites (N-methyl/N-ethyl adjacent to an activating group) is 1. The van der Waals surface area contributed by atoms with Crippen molar-refractivity contribution in [1.82, 2.24) is 4.31 Å². The summed E-state index contributed by atoms with van der Waals surface area (Å²) < 4.78 is 69.8. The largest absolute Gasteiger partial charge is 0.494 e. The Morgan fingerprint density at radius 1 is 1.17 bits per heavy atom. The first-order valence-corrected chi connectivity index (χ1v) is 10.1. The van der Waals surface area contributed by atoms with Gasteiger partial charge >= 0.3 is 6.18 Å². The molecule has 0 saturated heterocycles. The zero-order chi connectivity index (χ0) is 21.8. The number of sulfonamides is 1. The topological polar surface area (TPSA) is 75.7 Å². The van der Waals surface area contributed by atoms with Gasteiger partial charge in [0, 0.05) is 12.7 Å². The van der Waals surface area contributed by atoms with Gasteiger partial charge in [-0.1, -0.05) is 6.07 Å². The molecule has 158 valence electrons. The van der Waals surface area contributed by atoms with E-state index in [-0.39, 0.29) is 10.6 Å². The van der Waals surface area contributed by atoms with Crippen LogP contribution in [0.4, 0.5) is 18.9 Å². The molecule has 0 fully saturated rings. The van der Waals surface area contributed by atoms with E-state index in [0.29, 0.717) is 17.9 Å². The van der Waals surface area contributed by atoms with Crippen molar-refractivity contribution in [1.29, 1.82) is 0 Å². The summed E-state index contributed by atoms with van der Waals surface area (Å²) in [7, 11) is -2.76. The van der Waals surface area contributed by atoms with Gasteiger partial charge in [0.05, 0.1) is 23.6 Å². The van der Waals surface area contributed by atoms with E-state index in [1.165, 1.54) is 31.3 Å². The molecule has 2 rings (SSSR count). The third-order valence-corrected chi connectivity index (χ3v) is 5.79. The van der Waals surface area contributed by atoms with Crippen LogP contribution in [0.1, 0.15) is 18.1 Å². The van der Waals surface area contributed by atoms with Crippen LogP contribution >= 0.6 is 0 Å². The van der Waals surface area contributed by atoms with Gasteiger partial charge in [0.2, 0.25) is 15.9 Å². The molecular formula is C19H21F3N2O4S. The summed E-state index contributed by atoms with van der Waals surface area (Å²) in [6.45, 7) is 3.37. The molecule has 0 aliphatic rings. The zero-order valence-corrected chi connectivity index (χ0v) is 16.9. The molecule has 0 aliphatic carbocycles. The van der Waals surface area contributed by atoms with Crippen molar-refractivity contribution < 1.29 is 31.1 Å². The number of hydrogen-bond donors (Lipinski definition) is 1. The standard InChI is InChI=1S/C19H21F3N2O4S/c1-4-28-17-9-8-16(10-13(17)2)29(26,27)24(3)12-18(25)23-15-7-5-6-14(11-15)19(20,21)22/h5-11H,4,12H2,1-3H3,(H,23,25). The Hall–Kier alpha value is -2.59.